The van der Waals surface area contributed by atoms with E-state index in [1.165, 1.54) is 12.1 Å². The molecule has 0 saturated carbocycles. The molecule has 2 rings (SSSR count). The lowest BCUT2D eigenvalue weighted by Gasteiger charge is -2.06. The maximum Gasteiger partial charge on any atom is 0.270 e. The molecule has 0 aliphatic heterocycles. The number of nitrogens with zero attached hydrogens (tertiary/aromatic N) is 3. The SMILES string of the molecule is Cc1nc(CCNc2ccc([N+](=O)[O-])cc2I)no1. The summed E-state index contributed by atoms with van der Waals surface area (Å²) in [5, 5.41) is 17.6. The van der Waals surface area contributed by atoms with Crippen LogP contribution in [0.1, 0.15) is 11.7 Å². The van der Waals surface area contributed by atoms with Gasteiger partial charge in [0.15, 0.2) is 5.82 Å². The highest BCUT2D eigenvalue weighted by atomic mass is 127. The minimum Gasteiger partial charge on any atom is -0.384 e. The Hall–Kier alpha value is -1.71. The topological polar surface area (TPSA) is 94.1 Å². The Labute approximate surface area is 122 Å². The van der Waals surface area contributed by atoms with Gasteiger partial charge in [-0.15, -0.1) is 0 Å². The van der Waals surface area contributed by atoms with Gasteiger partial charge in [0, 0.05) is 41.3 Å². The van der Waals surface area contributed by atoms with Gasteiger partial charge in [0.2, 0.25) is 5.89 Å². The van der Waals surface area contributed by atoms with Gasteiger partial charge < -0.3 is 9.84 Å². The molecule has 0 radical (unpaired) electrons. The highest BCUT2D eigenvalue weighted by Crippen LogP contribution is 2.23. The maximum absolute atomic E-state index is 10.6. The zero-order valence-corrected chi connectivity index (χ0v) is 12.2. The number of non-ortho nitro benzene ring substituents is 1. The predicted molar refractivity (Wildman–Crippen MR) is 77.0 cm³/mol. The maximum atomic E-state index is 10.6. The van der Waals surface area contributed by atoms with Gasteiger partial charge in [0.25, 0.3) is 5.69 Å². The Morgan fingerprint density at radius 1 is 1.53 bits per heavy atom. The second-order valence-electron chi connectivity index (χ2n) is 3.83. The molecule has 0 saturated heterocycles. The van der Waals surface area contributed by atoms with Crippen LogP contribution in [0.3, 0.4) is 0 Å². The molecule has 8 heteroatoms. The van der Waals surface area contributed by atoms with E-state index in [-0.39, 0.29) is 5.69 Å². The minimum absolute atomic E-state index is 0.0868. The summed E-state index contributed by atoms with van der Waals surface area (Å²) in [5.74, 6) is 1.18. The lowest BCUT2D eigenvalue weighted by molar-refractivity contribution is -0.384. The molecule has 0 aliphatic carbocycles. The third-order valence-electron chi connectivity index (χ3n) is 2.40. The summed E-state index contributed by atoms with van der Waals surface area (Å²) in [4.78, 5) is 14.3. The number of anilines is 1. The number of nitro benzene ring substituents is 1. The lowest BCUT2D eigenvalue weighted by Crippen LogP contribution is -2.07. The first-order chi connectivity index (χ1) is 9.06. The van der Waals surface area contributed by atoms with Crippen LogP contribution in [-0.2, 0) is 6.42 Å². The van der Waals surface area contributed by atoms with Gasteiger partial charge in [-0.3, -0.25) is 10.1 Å². The number of aryl methyl sites for hydroxylation is 1. The van der Waals surface area contributed by atoms with E-state index in [2.05, 4.69) is 38.0 Å². The number of rotatable bonds is 5. The van der Waals surface area contributed by atoms with Crippen LogP contribution in [0.4, 0.5) is 11.4 Å². The van der Waals surface area contributed by atoms with Gasteiger partial charge in [-0.25, -0.2) is 0 Å². The molecule has 0 fully saturated rings. The van der Waals surface area contributed by atoms with Gasteiger partial charge in [-0.2, -0.15) is 4.98 Å². The Kier molecular flexibility index (Phi) is 4.30. The minimum atomic E-state index is -0.409. The number of nitro groups is 1. The molecule has 0 amide bonds. The predicted octanol–water partition coefficient (Wildman–Crippen LogP) is 2.55. The zero-order chi connectivity index (χ0) is 13.8. The van der Waals surface area contributed by atoms with E-state index in [0.29, 0.717) is 24.7 Å². The molecule has 0 bridgehead atoms. The summed E-state index contributed by atoms with van der Waals surface area (Å²) >= 11 is 2.06. The molecule has 7 nitrogen and oxygen atoms in total. The summed E-state index contributed by atoms with van der Waals surface area (Å²) in [6, 6.07) is 4.70. The molecule has 0 unspecified atom stereocenters. The average molecular weight is 374 g/mol. The summed E-state index contributed by atoms with van der Waals surface area (Å²) in [5.41, 5.74) is 0.940. The zero-order valence-electron chi connectivity index (χ0n) is 10.1. The largest absolute Gasteiger partial charge is 0.384 e. The van der Waals surface area contributed by atoms with Crippen LogP contribution in [0.2, 0.25) is 0 Å². The first-order valence-corrected chi connectivity index (χ1v) is 6.61. The van der Waals surface area contributed by atoms with E-state index < -0.39 is 4.92 Å². The number of halogens is 1. The molecule has 1 N–H and O–H groups in total. The molecule has 0 aliphatic rings. The van der Waals surface area contributed by atoms with E-state index in [1.807, 2.05) is 0 Å². The van der Waals surface area contributed by atoms with E-state index in [9.17, 15) is 10.1 Å². The molecule has 0 atom stereocenters. The number of hydrogen-bond donors (Lipinski definition) is 1. The molecule has 1 heterocycles. The fraction of sp³-hybridized carbons (Fsp3) is 0.273. The van der Waals surface area contributed by atoms with Crippen LogP contribution in [0.25, 0.3) is 0 Å². The van der Waals surface area contributed by atoms with Gasteiger partial charge in [-0.1, -0.05) is 5.16 Å². The van der Waals surface area contributed by atoms with E-state index in [1.54, 1.807) is 13.0 Å². The number of benzene rings is 1. The van der Waals surface area contributed by atoms with Crippen molar-refractivity contribution in [2.45, 2.75) is 13.3 Å². The van der Waals surface area contributed by atoms with Crippen molar-refractivity contribution in [2.24, 2.45) is 0 Å². The van der Waals surface area contributed by atoms with Crippen LogP contribution in [-0.4, -0.2) is 21.6 Å². The first-order valence-electron chi connectivity index (χ1n) is 5.53. The van der Waals surface area contributed by atoms with Crippen molar-refractivity contribution in [1.82, 2.24) is 10.1 Å². The molecule has 19 heavy (non-hydrogen) atoms. The van der Waals surface area contributed by atoms with Crippen LogP contribution >= 0.6 is 22.6 Å². The summed E-state index contributed by atoms with van der Waals surface area (Å²) in [6.07, 6.45) is 0.629. The highest BCUT2D eigenvalue weighted by molar-refractivity contribution is 14.1. The number of nitrogens with one attached hydrogen (secondary N) is 1. The summed E-state index contributed by atoms with van der Waals surface area (Å²) in [6.45, 7) is 2.37. The Morgan fingerprint density at radius 3 is 2.89 bits per heavy atom. The fourth-order valence-electron chi connectivity index (χ4n) is 1.51. The quantitative estimate of drug-likeness (QED) is 0.491. The normalized spacial score (nSPS) is 10.4. The van der Waals surface area contributed by atoms with Gasteiger partial charge in [0.1, 0.15) is 0 Å². The monoisotopic (exact) mass is 374 g/mol. The van der Waals surface area contributed by atoms with E-state index in [0.717, 1.165) is 9.26 Å². The van der Waals surface area contributed by atoms with Gasteiger partial charge in [0.05, 0.1) is 4.92 Å². The second-order valence-corrected chi connectivity index (χ2v) is 4.99. The summed E-state index contributed by atoms with van der Waals surface area (Å²) in [7, 11) is 0. The van der Waals surface area contributed by atoms with Gasteiger partial charge in [-0.05, 0) is 28.7 Å². The number of aromatic nitrogens is 2. The standard InChI is InChI=1S/C11H11IN4O3/c1-7-14-11(15-19-7)4-5-13-10-3-2-8(16(17)18)6-9(10)12/h2-3,6,13H,4-5H2,1H3. The van der Waals surface area contributed by atoms with Crippen LogP contribution in [0, 0.1) is 20.6 Å². The van der Waals surface area contributed by atoms with Crippen molar-refractivity contribution in [3.63, 3.8) is 0 Å². The smallest absolute Gasteiger partial charge is 0.270 e. The molecule has 1 aromatic heterocycles. The fourth-order valence-corrected chi connectivity index (χ4v) is 2.20. The molecule has 0 spiro atoms. The van der Waals surface area contributed by atoms with Crippen molar-refractivity contribution < 1.29 is 9.45 Å². The third-order valence-corrected chi connectivity index (χ3v) is 3.29. The molecule has 2 aromatic rings. The molecular weight excluding hydrogens is 363 g/mol. The lowest BCUT2D eigenvalue weighted by atomic mass is 10.3. The highest BCUT2D eigenvalue weighted by Gasteiger charge is 2.09. The van der Waals surface area contributed by atoms with Crippen LogP contribution in [0.5, 0.6) is 0 Å². The average Bonchev–Trinajstić information content (AvgIpc) is 2.77. The van der Waals surface area contributed by atoms with Crippen LogP contribution < -0.4 is 5.32 Å². The Bertz CT molecular complexity index is 599. The van der Waals surface area contributed by atoms with Gasteiger partial charge >= 0.3 is 0 Å². The molecule has 100 valence electrons. The van der Waals surface area contributed by atoms with Crippen LogP contribution in [0.15, 0.2) is 22.7 Å². The second kappa shape index (κ2) is 5.95. The number of hydrogen-bond acceptors (Lipinski definition) is 6. The molecular formula is C11H11IN4O3. The van der Waals surface area contributed by atoms with E-state index in [4.69, 9.17) is 4.52 Å². The van der Waals surface area contributed by atoms with E-state index >= 15 is 0 Å². The summed E-state index contributed by atoms with van der Waals surface area (Å²) < 4.78 is 5.67. The van der Waals surface area contributed by atoms with Crippen molar-refractivity contribution in [3.8, 4) is 0 Å². The van der Waals surface area contributed by atoms with Crippen molar-refractivity contribution in [3.05, 3.63) is 43.6 Å². The third kappa shape index (κ3) is 3.63. The molecule has 1 aromatic carbocycles. The van der Waals surface area contributed by atoms with Crippen molar-refractivity contribution in [1.29, 1.82) is 0 Å². The Morgan fingerprint density at radius 2 is 2.32 bits per heavy atom. The van der Waals surface area contributed by atoms with Crippen molar-refractivity contribution in [2.75, 3.05) is 11.9 Å². The van der Waals surface area contributed by atoms with Crippen molar-refractivity contribution >= 4 is 34.0 Å². The first kappa shape index (κ1) is 13.7. The Balaban J connectivity index is 1.94.